The topological polar surface area (TPSA) is 122 Å². The van der Waals surface area contributed by atoms with Gasteiger partial charge in [-0.15, -0.1) is 0 Å². The third-order valence-corrected chi connectivity index (χ3v) is 4.85. The summed E-state index contributed by atoms with van der Waals surface area (Å²) in [4.78, 5) is 60.5. The standard InChI is InChI=1S/C18H27N3O6/c1-2-8-19-14(22)10-20-15(23)11-27-16(24)7-9-21-17(25)12-5-3-4-6-13(12)18(21)26/h12-13H,2-11H2,1H3,(H,19,22)(H,20,23)/t12-,13-/m0/s1. The number of rotatable bonds is 9. The molecular weight excluding hydrogens is 354 g/mol. The molecule has 2 N–H and O–H groups in total. The molecule has 1 heterocycles. The molecule has 27 heavy (non-hydrogen) atoms. The third kappa shape index (κ3) is 5.77. The maximum atomic E-state index is 12.3. The van der Waals surface area contributed by atoms with Crippen LogP contribution in [-0.2, 0) is 28.7 Å². The minimum Gasteiger partial charge on any atom is -0.456 e. The van der Waals surface area contributed by atoms with E-state index in [1.807, 2.05) is 6.92 Å². The molecule has 0 aromatic rings. The van der Waals surface area contributed by atoms with Crippen LogP contribution in [0.15, 0.2) is 0 Å². The number of nitrogens with zero attached hydrogens (tertiary/aromatic N) is 1. The molecule has 0 aromatic carbocycles. The second-order valence-electron chi connectivity index (χ2n) is 6.86. The zero-order chi connectivity index (χ0) is 19.8. The molecule has 0 radical (unpaired) electrons. The van der Waals surface area contributed by atoms with E-state index in [1.165, 1.54) is 0 Å². The lowest BCUT2D eigenvalue weighted by Crippen LogP contribution is -2.39. The van der Waals surface area contributed by atoms with Crippen molar-refractivity contribution in [2.24, 2.45) is 11.8 Å². The summed E-state index contributed by atoms with van der Waals surface area (Å²) in [5.41, 5.74) is 0. The van der Waals surface area contributed by atoms with Gasteiger partial charge in [-0.25, -0.2) is 0 Å². The van der Waals surface area contributed by atoms with E-state index < -0.39 is 18.5 Å². The summed E-state index contributed by atoms with van der Waals surface area (Å²) < 4.78 is 4.83. The quantitative estimate of drug-likeness (QED) is 0.419. The highest BCUT2D eigenvalue weighted by Gasteiger charge is 2.47. The van der Waals surface area contributed by atoms with Gasteiger partial charge in [-0.05, 0) is 19.3 Å². The number of carbonyl (C=O) groups excluding carboxylic acids is 5. The van der Waals surface area contributed by atoms with E-state index in [2.05, 4.69) is 10.6 Å². The van der Waals surface area contributed by atoms with Crippen LogP contribution in [0, 0.1) is 11.8 Å². The summed E-state index contributed by atoms with van der Waals surface area (Å²) in [6.07, 6.45) is 3.98. The smallest absolute Gasteiger partial charge is 0.308 e. The Balaban J connectivity index is 1.66. The van der Waals surface area contributed by atoms with Crippen molar-refractivity contribution >= 4 is 29.6 Å². The molecular formula is C18H27N3O6. The van der Waals surface area contributed by atoms with Crippen LogP contribution in [0.5, 0.6) is 0 Å². The second-order valence-corrected chi connectivity index (χ2v) is 6.86. The summed E-state index contributed by atoms with van der Waals surface area (Å²) in [7, 11) is 0. The molecule has 4 amide bonds. The number of fused-ring (bicyclic) bond motifs is 1. The molecule has 0 spiro atoms. The first-order valence-electron chi connectivity index (χ1n) is 9.48. The Morgan fingerprint density at radius 1 is 1.04 bits per heavy atom. The number of nitrogens with one attached hydrogen (secondary N) is 2. The van der Waals surface area contributed by atoms with Crippen LogP contribution >= 0.6 is 0 Å². The number of imide groups is 1. The molecule has 150 valence electrons. The van der Waals surface area contributed by atoms with Gasteiger partial charge in [-0.2, -0.15) is 0 Å². The van der Waals surface area contributed by atoms with Crippen molar-refractivity contribution in [3.05, 3.63) is 0 Å². The Labute approximate surface area is 158 Å². The van der Waals surface area contributed by atoms with E-state index in [-0.39, 0.29) is 49.1 Å². The van der Waals surface area contributed by atoms with Crippen molar-refractivity contribution in [1.29, 1.82) is 0 Å². The van der Waals surface area contributed by atoms with Gasteiger partial charge in [-0.3, -0.25) is 28.9 Å². The van der Waals surface area contributed by atoms with Crippen LogP contribution < -0.4 is 10.6 Å². The number of hydrogen-bond donors (Lipinski definition) is 2. The van der Waals surface area contributed by atoms with Crippen LogP contribution in [0.2, 0.25) is 0 Å². The highest BCUT2D eigenvalue weighted by atomic mass is 16.5. The van der Waals surface area contributed by atoms with Crippen LogP contribution in [0.4, 0.5) is 0 Å². The molecule has 1 saturated carbocycles. The van der Waals surface area contributed by atoms with Crippen molar-refractivity contribution in [2.75, 3.05) is 26.2 Å². The lowest BCUT2D eigenvalue weighted by atomic mass is 9.81. The molecule has 9 heteroatoms. The summed E-state index contributed by atoms with van der Waals surface area (Å²) in [5, 5.41) is 4.95. The summed E-state index contributed by atoms with van der Waals surface area (Å²) in [6, 6.07) is 0. The Morgan fingerprint density at radius 3 is 2.26 bits per heavy atom. The van der Waals surface area contributed by atoms with Gasteiger partial charge in [0.1, 0.15) is 0 Å². The van der Waals surface area contributed by atoms with Crippen LogP contribution in [0.1, 0.15) is 45.4 Å². The number of ether oxygens (including phenoxy) is 1. The first-order chi connectivity index (χ1) is 12.9. The maximum absolute atomic E-state index is 12.3. The zero-order valence-corrected chi connectivity index (χ0v) is 15.6. The van der Waals surface area contributed by atoms with Crippen molar-refractivity contribution in [3.8, 4) is 0 Å². The van der Waals surface area contributed by atoms with Crippen LogP contribution in [-0.4, -0.2) is 60.7 Å². The molecule has 0 aromatic heterocycles. The minimum absolute atomic E-state index is 0.0233. The fourth-order valence-electron chi connectivity index (χ4n) is 3.43. The molecule has 9 nitrogen and oxygen atoms in total. The van der Waals surface area contributed by atoms with Gasteiger partial charge in [0.2, 0.25) is 17.7 Å². The second kappa shape index (κ2) is 10.0. The molecule has 2 rings (SSSR count). The van der Waals surface area contributed by atoms with Crippen LogP contribution in [0.3, 0.4) is 0 Å². The summed E-state index contributed by atoms with van der Waals surface area (Å²) >= 11 is 0. The molecule has 2 atom stereocenters. The van der Waals surface area contributed by atoms with E-state index in [0.717, 1.165) is 37.0 Å². The fraction of sp³-hybridized carbons (Fsp3) is 0.722. The van der Waals surface area contributed by atoms with Gasteiger partial charge in [0, 0.05) is 13.1 Å². The molecule has 1 aliphatic carbocycles. The highest BCUT2D eigenvalue weighted by molar-refractivity contribution is 6.05. The highest BCUT2D eigenvalue weighted by Crippen LogP contribution is 2.37. The van der Waals surface area contributed by atoms with Crippen molar-refractivity contribution in [1.82, 2.24) is 15.5 Å². The number of amides is 4. The third-order valence-electron chi connectivity index (χ3n) is 4.85. The molecule has 1 saturated heterocycles. The predicted molar refractivity (Wildman–Crippen MR) is 94.1 cm³/mol. The normalized spacial score (nSPS) is 21.6. The van der Waals surface area contributed by atoms with Crippen LogP contribution in [0.25, 0.3) is 0 Å². The van der Waals surface area contributed by atoms with Gasteiger partial charge < -0.3 is 15.4 Å². The average Bonchev–Trinajstić information content (AvgIpc) is 2.92. The van der Waals surface area contributed by atoms with E-state index in [1.54, 1.807) is 0 Å². The van der Waals surface area contributed by atoms with Gasteiger partial charge in [-0.1, -0.05) is 19.8 Å². The minimum atomic E-state index is -0.670. The maximum Gasteiger partial charge on any atom is 0.308 e. The Morgan fingerprint density at radius 2 is 1.67 bits per heavy atom. The van der Waals surface area contributed by atoms with E-state index in [4.69, 9.17) is 4.74 Å². The van der Waals surface area contributed by atoms with Crippen molar-refractivity contribution in [3.63, 3.8) is 0 Å². The van der Waals surface area contributed by atoms with Crippen molar-refractivity contribution in [2.45, 2.75) is 45.4 Å². The lowest BCUT2D eigenvalue weighted by Gasteiger charge is -2.19. The number of esters is 1. The first kappa shape index (κ1) is 20.9. The van der Waals surface area contributed by atoms with Crippen molar-refractivity contribution < 1.29 is 28.7 Å². The molecule has 1 aliphatic heterocycles. The zero-order valence-electron chi connectivity index (χ0n) is 15.6. The Bertz CT molecular complexity index is 582. The van der Waals surface area contributed by atoms with E-state index in [9.17, 15) is 24.0 Å². The van der Waals surface area contributed by atoms with E-state index >= 15 is 0 Å². The SMILES string of the molecule is CCCNC(=O)CNC(=O)COC(=O)CCN1C(=O)[C@H]2CCCC[C@@H]2C1=O. The molecule has 0 bridgehead atoms. The molecule has 2 fully saturated rings. The summed E-state index contributed by atoms with van der Waals surface area (Å²) in [6.45, 7) is 1.72. The Kier molecular flexibility index (Phi) is 7.75. The first-order valence-corrected chi connectivity index (χ1v) is 9.48. The fourth-order valence-corrected chi connectivity index (χ4v) is 3.43. The number of likely N-dealkylation sites (tertiary alicyclic amines) is 1. The summed E-state index contributed by atoms with van der Waals surface area (Å²) in [5.74, 6) is -2.46. The predicted octanol–water partition coefficient (Wildman–Crippen LogP) is -0.263. The molecule has 0 unspecified atom stereocenters. The monoisotopic (exact) mass is 381 g/mol. The van der Waals surface area contributed by atoms with Gasteiger partial charge >= 0.3 is 5.97 Å². The average molecular weight is 381 g/mol. The number of hydrogen-bond acceptors (Lipinski definition) is 6. The largest absolute Gasteiger partial charge is 0.456 e. The van der Waals surface area contributed by atoms with Gasteiger partial charge in [0.15, 0.2) is 6.61 Å². The lowest BCUT2D eigenvalue weighted by molar-refractivity contribution is -0.149. The van der Waals surface area contributed by atoms with Gasteiger partial charge in [0.05, 0.1) is 24.8 Å². The molecule has 2 aliphatic rings. The van der Waals surface area contributed by atoms with Gasteiger partial charge in [0.25, 0.3) is 5.91 Å². The number of carbonyl (C=O) groups is 5. The Hall–Kier alpha value is -2.45. The van der Waals surface area contributed by atoms with E-state index in [0.29, 0.717) is 6.54 Å².